The molecule has 84 valence electrons. The molecule has 0 fully saturated rings. The number of benzene rings is 1. The Labute approximate surface area is 100 Å². The van der Waals surface area contributed by atoms with E-state index in [0.717, 1.165) is 17.8 Å². The van der Waals surface area contributed by atoms with Crippen LogP contribution < -0.4 is 5.73 Å². The summed E-state index contributed by atoms with van der Waals surface area (Å²) in [7, 11) is 0. The Hall–Kier alpha value is -1.19. The maximum absolute atomic E-state index is 6.28. The predicted molar refractivity (Wildman–Crippen MR) is 68.4 cm³/mol. The molecule has 2 N–H and O–H groups in total. The van der Waals surface area contributed by atoms with Crippen LogP contribution in [0.2, 0.25) is 0 Å². The molecule has 0 bridgehead atoms. The Balaban J connectivity index is 2.00. The van der Waals surface area contributed by atoms with Crippen molar-refractivity contribution < 1.29 is 0 Å². The summed E-state index contributed by atoms with van der Waals surface area (Å²) >= 11 is 1.63. The molecule has 16 heavy (non-hydrogen) atoms. The van der Waals surface area contributed by atoms with E-state index in [1.807, 2.05) is 17.6 Å². The number of aryl methyl sites for hydroxylation is 1. The van der Waals surface area contributed by atoms with Gasteiger partial charge in [-0.2, -0.15) is 0 Å². The summed E-state index contributed by atoms with van der Waals surface area (Å²) in [4.78, 5) is 4.29. The van der Waals surface area contributed by atoms with Crippen molar-refractivity contribution in [3.63, 3.8) is 0 Å². The molecule has 0 saturated heterocycles. The Morgan fingerprint density at radius 1 is 1.31 bits per heavy atom. The van der Waals surface area contributed by atoms with Gasteiger partial charge in [-0.15, -0.1) is 11.3 Å². The lowest BCUT2D eigenvalue weighted by molar-refractivity contribution is 0.450. The first-order chi connectivity index (χ1) is 7.68. The zero-order valence-corrected chi connectivity index (χ0v) is 10.2. The fraction of sp³-hybridized carbons (Fsp3) is 0.308. The van der Waals surface area contributed by atoms with E-state index in [1.54, 1.807) is 11.3 Å². The molecule has 1 unspecified atom stereocenters. The molecule has 1 aromatic carbocycles. The molecular formula is C13H16N2S. The first kappa shape index (κ1) is 11.3. The van der Waals surface area contributed by atoms with E-state index in [0.29, 0.717) is 0 Å². The van der Waals surface area contributed by atoms with Crippen molar-refractivity contribution in [1.82, 2.24) is 4.98 Å². The maximum Gasteiger partial charge on any atom is 0.112 e. The van der Waals surface area contributed by atoms with Gasteiger partial charge in [0.2, 0.25) is 0 Å². The molecule has 2 rings (SSSR count). The quantitative estimate of drug-likeness (QED) is 0.880. The van der Waals surface area contributed by atoms with Crippen LogP contribution in [0.5, 0.6) is 0 Å². The topological polar surface area (TPSA) is 38.9 Å². The minimum absolute atomic E-state index is 0.315. The molecule has 3 heteroatoms. The highest BCUT2D eigenvalue weighted by atomic mass is 32.1. The summed E-state index contributed by atoms with van der Waals surface area (Å²) in [6.45, 7) is 2.05. The molecule has 0 spiro atoms. The standard InChI is InChI=1S/C13H16N2S/c1-13(14,12-15-9-10-16-12)8-7-11-5-3-2-4-6-11/h2-6,9-10H,7-8,14H2,1H3. The number of hydrogen-bond donors (Lipinski definition) is 1. The fourth-order valence-corrected chi connectivity index (χ4v) is 2.40. The molecule has 0 amide bonds. The van der Waals surface area contributed by atoms with Gasteiger partial charge in [-0.3, -0.25) is 0 Å². The Kier molecular flexibility index (Phi) is 3.36. The van der Waals surface area contributed by atoms with Gasteiger partial charge in [0.05, 0.1) is 5.54 Å². The van der Waals surface area contributed by atoms with E-state index in [4.69, 9.17) is 5.73 Å². The first-order valence-electron chi connectivity index (χ1n) is 5.41. The van der Waals surface area contributed by atoms with Crippen LogP contribution in [-0.2, 0) is 12.0 Å². The highest BCUT2D eigenvalue weighted by Gasteiger charge is 2.23. The molecule has 1 heterocycles. The lowest BCUT2D eigenvalue weighted by Gasteiger charge is -2.21. The third-order valence-corrected chi connectivity index (χ3v) is 3.75. The maximum atomic E-state index is 6.28. The van der Waals surface area contributed by atoms with E-state index < -0.39 is 0 Å². The van der Waals surface area contributed by atoms with Crippen molar-refractivity contribution >= 4 is 11.3 Å². The molecule has 2 aromatic rings. The molecule has 0 aliphatic carbocycles. The zero-order valence-electron chi connectivity index (χ0n) is 9.39. The molecule has 0 saturated carbocycles. The second-order valence-corrected chi connectivity index (χ2v) is 5.13. The van der Waals surface area contributed by atoms with Gasteiger partial charge in [-0.1, -0.05) is 30.3 Å². The Bertz CT molecular complexity index is 420. The van der Waals surface area contributed by atoms with Gasteiger partial charge in [-0.25, -0.2) is 4.98 Å². The average molecular weight is 232 g/mol. The highest BCUT2D eigenvalue weighted by molar-refractivity contribution is 7.09. The van der Waals surface area contributed by atoms with Gasteiger partial charge in [0.25, 0.3) is 0 Å². The Morgan fingerprint density at radius 2 is 2.06 bits per heavy atom. The largest absolute Gasteiger partial charge is 0.320 e. The van der Waals surface area contributed by atoms with Crippen molar-refractivity contribution in [2.24, 2.45) is 5.73 Å². The van der Waals surface area contributed by atoms with Crippen LogP contribution in [0, 0.1) is 0 Å². The number of rotatable bonds is 4. The van der Waals surface area contributed by atoms with E-state index in [9.17, 15) is 0 Å². The SMILES string of the molecule is CC(N)(CCc1ccccc1)c1nccs1. The minimum atomic E-state index is -0.315. The van der Waals surface area contributed by atoms with E-state index >= 15 is 0 Å². The minimum Gasteiger partial charge on any atom is -0.320 e. The third-order valence-electron chi connectivity index (χ3n) is 2.70. The van der Waals surface area contributed by atoms with Crippen molar-refractivity contribution in [3.05, 3.63) is 52.5 Å². The van der Waals surface area contributed by atoms with Crippen molar-refractivity contribution in [2.45, 2.75) is 25.3 Å². The second kappa shape index (κ2) is 4.76. The molecule has 0 aliphatic heterocycles. The van der Waals surface area contributed by atoms with E-state index in [-0.39, 0.29) is 5.54 Å². The summed E-state index contributed by atoms with van der Waals surface area (Å²) in [5.41, 5.74) is 7.29. The number of aromatic nitrogens is 1. The van der Waals surface area contributed by atoms with Crippen LogP contribution in [0.1, 0.15) is 23.9 Å². The van der Waals surface area contributed by atoms with Gasteiger partial charge in [0.1, 0.15) is 5.01 Å². The number of nitrogens with zero attached hydrogens (tertiary/aromatic N) is 1. The van der Waals surface area contributed by atoms with Gasteiger partial charge in [0.15, 0.2) is 0 Å². The smallest absolute Gasteiger partial charge is 0.112 e. The zero-order chi connectivity index (χ0) is 11.4. The summed E-state index contributed by atoms with van der Waals surface area (Å²) < 4.78 is 0. The lowest BCUT2D eigenvalue weighted by Crippen LogP contribution is -2.33. The van der Waals surface area contributed by atoms with Crippen LogP contribution >= 0.6 is 11.3 Å². The van der Waals surface area contributed by atoms with Gasteiger partial charge < -0.3 is 5.73 Å². The Morgan fingerprint density at radius 3 is 2.69 bits per heavy atom. The molecule has 1 atom stereocenters. The molecular weight excluding hydrogens is 216 g/mol. The third kappa shape index (κ3) is 2.68. The van der Waals surface area contributed by atoms with Gasteiger partial charge in [-0.05, 0) is 25.3 Å². The van der Waals surface area contributed by atoms with Crippen molar-refractivity contribution in [2.75, 3.05) is 0 Å². The number of nitrogens with two attached hydrogens (primary N) is 1. The molecule has 2 nitrogen and oxygen atoms in total. The summed E-state index contributed by atoms with van der Waals surface area (Å²) in [5.74, 6) is 0. The molecule has 0 aliphatic rings. The van der Waals surface area contributed by atoms with E-state index in [2.05, 4.69) is 36.2 Å². The highest BCUT2D eigenvalue weighted by Crippen LogP contribution is 2.25. The van der Waals surface area contributed by atoms with Crippen LogP contribution in [0.25, 0.3) is 0 Å². The second-order valence-electron chi connectivity index (χ2n) is 4.24. The van der Waals surface area contributed by atoms with Crippen LogP contribution in [0.15, 0.2) is 41.9 Å². The van der Waals surface area contributed by atoms with Crippen LogP contribution in [0.3, 0.4) is 0 Å². The molecule has 1 aromatic heterocycles. The van der Waals surface area contributed by atoms with Crippen LogP contribution in [0.4, 0.5) is 0 Å². The normalized spacial score (nSPS) is 14.6. The summed E-state index contributed by atoms with van der Waals surface area (Å²) in [6.07, 6.45) is 3.73. The number of hydrogen-bond acceptors (Lipinski definition) is 3. The lowest BCUT2D eigenvalue weighted by atomic mass is 9.95. The van der Waals surface area contributed by atoms with Crippen molar-refractivity contribution in [1.29, 1.82) is 0 Å². The van der Waals surface area contributed by atoms with Crippen molar-refractivity contribution in [3.8, 4) is 0 Å². The average Bonchev–Trinajstić information content (AvgIpc) is 2.82. The van der Waals surface area contributed by atoms with Gasteiger partial charge >= 0.3 is 0 Å². The first-order valence-corrected chi connectivity index (χ1v) is 6.29. The van der Waals surface area contributed by atoms with Crippen LogP contribution in [-0.4, -0.2) is 4.98 Å². The number of thiazole rings is 1. The van der Waals surface area contributed by atoms with Gasteiger partial charge in [0, 0.05) is 11.6 Å². The summed E-state index contributed by atoms with van der Waals surface area (Å²) in [5, 5.41) is 2.99. The summed E-state index contributed by atoms with van der Waals surface area (Å²) in [6, 6.07) is 10.4. The monoisotopic (exact) mass is 232 g/mol. The predicted octanol–water partition coefficient (Wildman–Crippen LogP) is 2.95. The molecule has 0 radical (unpaired) electrons. The van der Waals surface area contributed by atoms with E-state index in [1.165, 1.54) is 5.56 Å². The fourth-order valence-electron chi connectivity index (χ4n) is 1.66.